The van der Waals surface area contributed by atoms with E-state index in [4.69, 9.17) is 14.5 Å². The first-order valence-corrected chi connectivity index (χ1v) is 12.2. The minimum Gasteiger partial charge on any atom is -0.493 e. The molecule has 0 atom stereocenters. The summed E-state index contributed by atoms with van der Waals surface area (Å²) in [6, 6.07) is 13.8. The van der Waals surface area contributed by atoms with E-state index in [1.54, 1.807) is 11.8 Å². The molecule has 2 heterocycles. The number of morpholine rings is 1. The minimum atomic E-state index is 0.0373. The van der Waals surface area contributed by atoms with E-state index in [0.29, 0.717) is 18.5 Å². The standard InChI is InChI=1S/C25H31N3O3S/c1-19-16-20(2)18-21(17-19)31-14-15-32-25-26-23-7-4-3-6-22(23)24(29)28(25)9-5-8-27-10-12-30-13-11-27/h3-4,6-7,16-18H,5,8-15H2,1-2H3. The highest BCUT2D eigenvalue weighted by Crippen LogP contribution is 2.20. The van der Waals surface area contributed by atoms with Crippen molar-refractivity contribution in [3.63, 3.8) is 0 Å². The number of thioether (sulfide) groups is 1. The molecule has 0 bridgehead atoms. The molecule has 2 aromatic carbocycles. The Morgan fingerprint density at radius 2 is 1.81 bits per heavy atom. The summed E-state index contributed by atoms with van der Waals surface area (Å²) in [5.41, 5.74) is 3.17. The van der Waals surface area contributed by atoms with Crippen LogP contribution in [0.1, 0.15) is 17.5 Å². The van der Waals surface area contributed by atoms with Crippen molar-refractivity contribution in [1.29, 1.82) is 0 Å². The summed E-state index contributed by atoms with van der Waals surface area (Å²) in [6.45, 7) is 9.83. The molecule has 0 unspecified atom stereocenters. The van der Waals surface area contributed by atoms with Crippen LogP contribution < -0.4 is 10.3 Å². The van der Waals surface area contributed by atoms with Crippen molar-refractivity contribution in [2.24, 2.45) is 0 Å². The van der Waals surface area contributed by atoms with Crippen LogP contribution in [0.15, 0.2) is 52.4 Å². The lowest BCUT2D eigenvalue weighted by Gasteiger charge is -2.26. The summed E-state index contributed by atoms with van der Waals surface area (Å²) in [5, 5.41) is 1.44. The number of rotatable bonds is 9. The lowest BCUT2D eigenvalue weighted by atomic mass is 10.1. The van der Waals surface area contributed by atoms with Gasteiger partial charge in [0.1, 0.15) is 5.75 Å². The molecule has 0 aliphatic carbocycles. The van der Waals surface area contributed by atoms with E-state index in [1.165, 1.54) is 11.1 Å². The highest BCUT2D eigenvalue weighted by atomic mass is 32.2. The van der Waals surface area contributed by atoms with Gasteiger partial charge in [0.15, 0.2) is 5.16 Å². The molecule has 170 valence electrons. The van der Waals surface area contributed by atoms with Crippen LogP contribution in [-0.2, 0) is 11.3 Å². The quantitative estimate of drug-likeness (QED) is 0.278. The second-order valence-corrected chi connectivity index (χ2v) is 9.26. The van der Waals surface area contributed by atoms with Gasteiger partial charge in [0.2, 0.25) is 0 Å². The number of nitrogens with zero attached hydrogens (tertiary/aromatic N) is 3. The number of ether oxygens (including phenoxy) is 2. The maximum Gasteiger partial charge on any atom is 0.262 e. The molecule has 0 saturated carbocycles. The van der Waals surface area contributed by atoms with Gasteiger partial charge in [-0.15, -0.1) is 0 Å². The zero-order chi connectivity index (χ0) is 22.3. The molecule has 4 rings (SSSR count). The van der Waals surface area contributed by atoms with Gasteiger partial charge in [-0.2, -0.15) is 0 Å². The number of aryl methyl sites for hydroxylation is 2. The van der Waals surface area contributed by atoms with E-state index >= 15 is 0 Å². The summed E-state index contributed by atoms with van der Waals surface area (Å²) in [5.74, 6) is 1.61. The Kier molecular flexibility index (Phi) is 7.84. The van der Waals surface area contributed by atoms with Crippen LogP contribution in [-0.4, -0.2) is 59.7 Å². The van der Waals surface area contributed by atoms with Gasteiger partial charge < -0.3 is 9.47 Å². The Morgan fingerprint density at radius 3 is 2.59 bits per heavy atom. The van der Waals surface area contributed by atoms with E-state index in [2.05, 4.69) is 24.8 Å². The first-order chi connectivity index (χ1) is 15.6. The fraction of sp³-hybridized carbons (Fsp3) is 0.440. The summed E-state index contributed by atoms with van der Waals surface area (Å²) in [4.78, 5) is 20.4. The molecule has 1 aliphatic rings. The molecule has 0 N–H and O–H groups in total. The molecule has 1 fully saturated rings. The smallest absolute Gasteiger partial charge is 0.262 e. The molecule has 3 aromatic rings. The SMILES string of the molecule is Cc1cc(C)cc(OCCSc2nc3ccccc3c(=O)n2CCCN2CCOCC2)c1. The summed E-state index contributed by atoms with van der Waals surface area (Å²) in [6.07, 6.45) is 0.909. The fourth-order valence-corrected chi connectivity index (χ4v) is 4.88. The lowest BCUT2D eigenvalue weighted by Crippen LogP contribution is -2.37. The van der Waals surface area contributed by atoms with Crippen molar-refractivity contribution in [2.75, 3.05) is 45.2 Å². The van der Waals surface area contributed by atoms with Crippen LogP contribution in [0.2, 0.25) is 0 Å². The van der Waals surface area contributed by atoms with Gasteiger partial charge in [0.05, 0.1) is 30.7 Å². The number of fused-ring (bicyclic) bond motifs is 1. The highest BCUT2D eigenvalue weighted by Gasteiger charge is 2.14. The van der Waals surface area contributed by atoms with E-state index in [9.17, 15) is 4.79 Å². The average molecular weight is 454 g/mol. The monoisotopic (exact) mass is 453 g/mol. The molecular weight excluding hydrogens is 422 g/mol. The number of benzene rings is 2. The summed E-state index contributed by atoms with van der Waals surface area (Å²) >= 11 is 1.58. The van der Waals surface area contributed by atoms with E-state index in [0.717, 1.165) is 61.4 Å². The van der Waals surface area contributed by atoms with E-state index in [-0.39, 0.29) is 5.56 Å². The van der Waals surface area contributed by atoms with Crippen molar-refractivity contribution in [2.45, 2.75) is 32.0 Å². The Hall–Kier alpha value is -2.35. The predicted molar refractivity (Wildman–Crippen MR) is 130 cm³/mol. The number of para-hydroxylation sites is 1. The van der Waals surface area contributed by atoms with Crippen molar-refractivity contribution in [3.05, 3.63) is 63.9 Å². The van der Waals surface area contributed by atoms with E-state index in [1.807, 2.05) is 41.0 Å². The zero-order valence-electron chi connectivity index (χ0n) is 18.9. The molecular formula is C25H31N3O3S. The number of hydrogen-bond acceptors (Lipinski definition) is 6. The number of aromatic nitrogens is 2. The lowest BCUT2D eigenvalue weighted by molar-refractivity contribution is 0.0368. The van der Waals surface area contributed by atoms with Gasteiger partial charge in [-0.05, 0) is 55.7 Å². The van der Waals surface area contributed by atoms with Gasteiger partial charge in [-0.3, -0.25) is 14.3 Å². The number of hydrogen-bond donors (Lipinski definition) is 0. The molecule has 32 heavy (non-hydrogen) atoms. The van der Waals surface area contributed by atoms with E-state index < -0.39 is 0 Å². The third-order valence-corrected chi connectivity index (χ3v) is 6.51. The third kappa shape index (κ3) is 5.91. The zero-order valence-corrected chi connectivity index (χ0v) is 19.7. The third-order valence-electron chi connectivity index (χ3n) is 5.56. The first kappa shape index (κ1) is 22.8. The van der Waals surface area contributed by atoms with Crippen LogP contribution >= 0.6 is 11.8 Å². The van der Waals surface area contributed by atoms with Gasteiger partial charge in [0, 0.05) is 31.9 Å². The fourth-order valence-electron chi connectivity index (χ4n) is 4.04. The molecule has 6 nitrogen and oxygen atoms in total. The average Bonchev–Trinajstić information content (AvgIpc) is 2.79. The normalized spacial score (nSPS) is 14.7. The van der Waals surface area contributed by atoms with Gasteiger partial charge in [0.25, 0.3) is 5.56 Å². The van der Waals surface area contributed by atoms with Crippen molar-refractivity contribution < 1.29 is 9.47 Å². The van der Waals surface area contributed by atoms with Crippen LogP contribution in [0, 0.1) is 13.8 Å². The minimum absolute atomic E-state index is 0.0373. The van der Waals surface area contributed by atoms with Crippen LogP contribution in [0.25, 0.3) is 10.9 Å². The van der Waals surface area contributed by atoms with Crippen molar-refractivity contribution >= 4 is 22.7 Å². The predicted octanol–water partition coefficient (Wildman–Crippen LogP) is 3.91. The molecule has 0 radical (unpaired) electrons. The largest absolute Gasteiger partial charge is 0.493 e. The van der Waals surface area contributed by atoms with Crippen molar-refractivity contribution in [1.82, 2.24) is 14.5 Å². The highest BCUT2D eigenvalue weighted by molar-refractivity contribution is 7.99. The topological polar surface area (TPSA) is 56.6 Å². The van der Waals surface area contributed by atoms with Gasteiger partial charge in [-0.25, -0.2) is 4.98 Å². The maximum absolute atomic E-state index is 13.2. The Balaban J connectivity index is 1.43. The maximum atomic E-state index is 13.2. The Bertz CT molecular complexity index is 1090. The molecule has 0 spiro atoms. The van der Waals surface area contributed by atoms with Crippen molar-refractivity contribution in [3.8, 4) is 5.75 Å². The Morgan fingerprint density at radius 1 is 1.06 bits per heavy atom. The second kappa shape index (κ2) is 11.0. The molecule has 1 aromatic heterocycles. The molecule has 7 heteroatoms. The summed E-state index contributed by atoms with van der Waals surface area (Å²) in [7, 11) is 0. The molecule has 1 aliphatic heterocycles. The summed E-state index contributed by atoms with van der Waals surface area (Å²) < 4.78 is 13.2. The molecule has 1 saturated heterocycles. The van der Waals surface area contributed by atoms with Crippen LogP contribution in [0.5, 0.6) is 5.75 Å². The first-order valence-electron chi connectivity index (χ1n) is 11.2. The van der Waals surface area contributed by atoms with Gasteiger partial charge >= 0.3 is 0 Å². The Labute approximate surface area is 193 Å². The van der Waals surface area contributed by atoms with Crippen LogP contribution in [0.3, 0.4) is 0 Å². The molecule has 0 amide bonds. The van der Waals surface area contributed by atoms with Gasteiger partial charge in [-0.1, -0.05) is 30.0 Å². The van der Waals surface area contributed by atoms with Crippen LogP contribution in [0.4, 0.5) is 0 Å². The second-order valence-electron chi connectivity index (χ2n) is 8.20.